The summed E-state index contributed by atoms with van der Waals surface area (Å²) < 4.78 is 70.5. The normalized spacial score (nSPS) is 11.8. The van der Waals surface area contributed by atoms with Gasteiger partial charge in [-0.1, -0.05) is 205 Å². The van der Waals surface area contributed by atoms with Crippen molar-refractivity contribution in [3.63, 3.8) is 0 Å². The van der Waals surface area contributed by atoms with Crippen molar-refractivity contribution in [3.8, 4) is 0 Å². The second-order valence-electron chi connectivity index (χ2n) is 17.2. The molecule has 0 N–H and O–H groups in total. The van der Waals surface area contributed by atoms with E-state index in [-0.39, 0.29) is 58.7 Å². The van der Waals surface area contributed by atoms with Crippen molar-refractivity contribution in [2.24, 2.45) is 0 Å². The van der Waals surface area contributed by atoms with Crippen LogP contribution in [-0.4, -0.2) is 74.8 Å². The van der Waals surface area contributed by atoms with Gasteiger partial charge in [0.05, 0.1) is 9.79 Å². The summed E-state index contributed by atoms with van der Waals surface area (Å²) in [6.07, 6.45) is 33.7. The predicted molar refractivity (Wildman–Crippen MR) is 258 cm³/mol. The van der Waals surface area contributed by atoms with E-state index >= 15 is 0 Å². The van der Waals surface area contributed by atoms with Gasteiger partial charge in [0.1, 0.15) is 20.2 Å². The molecule has 4 rings (SSSR count). The minimum absolute atomic E-state index is 0. The summed E-state index contributed by atoms with van der Waals surface area (Å²) in [5, 5.41) is 3.06. The summed E-state index contributed by atoms with van der Waals surface area (Å²) in [4.78, 5) is -0.175. The van der Waals surface area contributed by atoms with Gasteiger partial charge in [0.25, 0.3) is 0 Å². The molecule has 0 heterocycles. The molecule has 0 saturated heterocycles. The first-order valence-electron chi connectivity index (χ1n) is 23.9. The number of hydrogen-bond acceptors (Lipinski definition) is 6. The van der Waals surface area contributed by atoms with E-state index in [1.54, 1.807) is 0 Å². The molecule has 0 radical (unpaired) electrons. The number of fused-ring (bicyclic) bond motifs is 2. The molecule has 0 saturated carbocycles. The molecule has 0 unspecified atom stereocenters. The summed E-state index contributed by atoms with van der Waals surface area (Å²) in [6, 6.07) is 18.7. The molecule has 0 amide bonds. The fourth-order valence-corrected chi connectivity index (χ4v) is 9.81. The summed E-state index contributed by atoms with van der Waals surface area (Å²) in [6.45, 7) is 8.91. The second kappa shape index (κ2) is 31.6. The zero-order chi connectivity index (χ0) is 43.6. The number of aryl methyl sites for hydroxylation is 4. The topological polar surface area (TPSA) is 114 Å². The fourth-order valence-electron chi connectivity index (χ4n) is 8.45. The van der Waals surface area contributed by atoms with Crippen LogP contribution in [0.25, 0.3) is 21.5 Å². The molecule has 0 aromatic heterocycles. The molecule has 0 aliphatic carbocycles. The van der Waals surface area contributed by atoms with E-state index in [0.717, 1.165) is 73.3 Å². The molecule has 0 aliphatic rings. The Balaban J connectivity index is 0.000000413. The van der Waals surface area contributed by atoms with Crippen molar-refractivity contribution >= 4 is 90.7 Å². The van der Waals surface area contributed by atoms with Crippen molar-refractivity contribution in [2.45, 2.75) is 217 Å². The van der Waals surface area contributed by atoms with E-state index in [9.17, 15) is 25.9 Å². The maximum absolute atomic E-state index is 11.7. The monoisotopic (exact) mass is 1000 g/mol. The van der Waals surface area contributed by atoms with Crippen LogP contribution in [0.5, 0.6) is 0 Å². The Labute approximate surface area is 412 Å². The van der Waals surface area contributed by atoms with E-state index in [1.165, 1.54) is 152 Å². The van der Waals surface area contributed by atoms with E-state index in [4.69, 9.17) is 0 Å². The Morgan fingerprint density at radius 2 is 0.623 bits per heavy atom. The summed E-state index contributed by atoms with van der Waals surface area (Å²) in [5.41, 5.74) is 4.81. The van der Waals surface area contributed by atoms with Crippen LogP contribution in [0, 0.1) is 0 Å². The van der Waals surface area contributed by atoms with Gasteiger partial charge in [0, 0.05) is 0 Å². The average molecular weight is 1000 g/mol. The summed E-state index contributed by atoms with van der Waals surface area (Å²) in [5.74, 6) is 0. The molecule has 4 aromatic rings. The minimum atomic E-state index is -4.47. The number of unbranched alkanes of at least 4 members (excludes halogenated alkanes) is 20. The van der Waals surface area contributed by atoms with Crippen molar-refractivity contribution in [3.05, 3.63) is 82.9 Å². The van der Waals surface area contributed by atoms with Gasteiger partial charge in [-0.2, -0.15) is 0 Å². The molecular weight excluding hydrogens is 922 g/mol. The number of benzene rings is 4. The third-order valence-electron chi connectivity index (χ3n) is 12.0. The zero-order valence-electron chi connectivity index (χ0n) is 38.5. The quantitative estimate of drug-likeness (QED) is 0.0292. The van der Waals surface area contributed by atoms with Crippen LogP contribution in [0.4, 0.5) is 0 Å². The average Bonchev–Trinajstić information content (AvgIpc) is 3.22. The van der Waals surface area contributed by atoms with Crippen molar-refractivity contribution < 1.29 is 25.9 Å². The van der Waals surface area contributed by atoms with Gasteiger partial charge in [-0.3, -0.25) is 0 Å². The summed E-state index contributed by atoms with van der Waals surface area (Å²) in [7, 11) is -8.95. The molecule has 0 bridgehead atoms. The molecule has 9 heteroatoms. The Morgan fingerprint density at radius 1 is 0.344 bits per heavy atom. The molecule has 0 aliphatic heterocycles. The van der Waals surface area contributed by atoms with Crippen LogP contribution in [0.15, 0.2) is 70.5 Å². The first-order chi connectivity index (χ1) is 28.9. The van der Waals surface area contributed by atoms with Gasteiger partial charge in [0.2, 0.25) is 0 Å². The van der Waals surface area contributed by atoms with Crippen molar-refractivity contribution in [1.82, 2.24) is 0 Å². The zero-order valence-corrected chi connectivity index (χ0v) is 44.6. The van der Waals surface area contributed by atoms with Gasteiger partial charge in [0.15, 0.2) is 0 Å². The van der Waals surface area contributed by atoms with E-state index in [0.29, 0.717) is 10.8 Å². The second-order valence-corrected chi connectivity index (χ2v) is 19.9. The third kappa shape index (κ3) is 21.1. The molecule has 4 aromatic carbocycles. The van der Waals surface area contributed by atoms with Crippen LogP contribution in [-0.2, 0) is 45.9 Å². The maximum Gasteiger partial charge on any atom is 2.00 e. The predicted octanol–water partition coefficient (Wildman–Crippen LogP) is 14.7. The van der Waals surface area contributed by atoms with E-state index < -0.39 is 20.2 Å². The molecule has 6 nitrogen and oxygen atoms in total. The van der Waals surface area contributed by atoms with E-state index in [1.807, 2.05) is 36.4 Å². The van der Waals surface area contributed by atoms with E-state index in [2.05, 4.69) is 39.8 Å². The maximum atomic E-state index is 11.7. The molecule has 336 valence electrons. The van der Waals surface area contributed by atoms with Crippen LogP contribution >= 0.6 is 0 Å². The SMILES string of the molecule is CCCCCCCCc1ccc2c(S(=O)(=O)[O-])ccc(CCCCCCCC)c2c1.CCCCCCCCc1ccc2c(S(=O)(=O)[O-])ccc(CCCCCCCC)c2c1.[Ba+2]. The van der Waals surface area contributed by atoms with Gasteiger partial charge in [-0.05, 0) is 107 Å². The van der Waals surface area contributed by atoms with Gasteiger partial charge in [-0.25, -0.2) is 16.8 Å². The standard InChI is InChI=1S/2C26H40O3S.Ba/c2*1-3-5-7-9-11-13-15-22-17-19-24-25(21-22)23(16-14-12-10-8-6-4-2)18-20-26(24)30(27,28)29;/h2*17-21H,3-16H2,1-2H3,(H,27,28,29);/q;;+2/p-2. The Bertz CT molecular complexity index is 1900. The van der Waals surface area contributed by atoms with Gasteiger partial charge in [-0.15, -0.1) is 0 Å². The largest absolute Gasteiger partial charge is 2.00 e. The summed E-state index contributed by atoms with van der Waals surface area (Å²) >= 11 is 0. The molecule has 0 spiro atoms. The first-order valence-corrected chi connectivity index (χ1v) is 26.8. The van der Waals surface area contributed by atoms with Crippen LogP contribution < -0.4 is 0 Å². The molecule has 0 atom stereocenters. The van der Waals surface area contributed by atoms with Crippen LogP contribution in [0.2, 0.25) is 0 Å². The Kier molecular flexibility index (Phi) is 29.0. The Morgan fingerprint density at radius 3 is 0.918 bits per heavy atom. The van der Waals surface area contributed by atoms with Crippen LogP contribution in [0.1, 0.15) is 204 Å². The fraction of sp³-hybridized carbons (Fsp3) is 0.615. The smallest absolute Gasteiger partial charge is 0.744 e. The van der Waals surface area contributed by atoms with Gasteiger partial charge < -0.3 is 9.11 Å². The molecule has 0 fully saturated rings. The number of rotatable bonds is 30. The van der Waals surface area contributed by atoms with Crippen molar-refractivity contribution in [2.75, 3.05) is 0 Å². The number of hydrogen-bond donors (Lipinski definition) is 0. The molecular formula is C52H78BaO6S2. The van der Waals surface area contributed by atoms with Crippen molar-refractivity contribution in [1.29, 1.82) is 0 Å². The van der Waals surface area contributed by atoms with Gasteiger partial charge >= 0.3 is 48.9 Å². The molecule has 61 heavy (non-hydrogen) atoms. The van der Waals surface area contributed by atoms with Crippen LogP contribution in [0.3, 0.4) is 0 Å². The Hall–Kier alpha value is -1.21. The minimum Gasteiger partial charge on any atom is -0.744 e. The third-order valence-corrected chi connectivity index (χ3v) is 13.8. The first kappa shape index (κ1) is 55.9.